The zero-order valence-electron chi connectivity index (χ0n) is 10.5. The molecule has 1 atom stereocenters. The standard InChI is InChI=1S/C14H15ClN4/c15-13-7-17-9-18-14(13)19-8-11-4-2-1-3-10(11)5-12(19)6-16/h1-4,7,9,12H,5-6,8,16H2. The Balaban J connectivity index is 2.00. The van der Waals surface area contributed by atoms with Gasteiger partial charge >= 0.3 is 0 Å². The van der Waals surface area contributed by atoms with E-state index in [1.807, 2.05) is 0 Å². The van der Waals surface area contributed by atoms with Gasteiger partial charge in [-0.1, -0.05) is 35.9 Å². The Bertz CT molecular complexity index is 587. The highest BCUT2D eigenvalue weighted by molar-refractivity contribution is 6.32. The Kier molecular flexibility index (Phi) is 3.36. The van der Waals surface area contributed by atoms with Crippen molar-refractivity contribution in [1.29, 1.82) is 0 Å². The van der Waals surface area contributed by atoms with Gasteiger partial charge in [0.2, 0.25) is 0 Å². The van der Waals surface area contributed by atoms with Crippen molar-refractivity contribution in [2.24, 2.45) is 5.73 Å². The van der Waals surface area contributed by atoms with Crippen LogP contribution in [-0.4, -0.2) is 22.6 Å². The lowest BCUT2D eigenvalue weighted by Crippen LogP contribution is -2.45. The van der Waals surface area contributed by atoms with Gasteiger partial charge in [-0.2, -0.15) is 0 Å². The van der Waals surface area contributed by atoms with Crippen LogP contribution in [0.5, 0.6) is 0 Å². The summed E-state index contributed by atoms with van der Waals surface area (Å²) in [6.45, 7) is 1.36. The summed E-state index contributed by atoms with van der Waals surface area (Å²) < 4.78 is 0. The van der Waals surface area contributed by atoms with Crippen LogP contribution in [0.25, 0.3) is 0 Å². The first-order valence-electron chi connectivity index (χ1n) is 6.28. The summed E-state index contributed by atoms with van der Waals surface area (Å²) in [5, 5.41) is 0.570. The molecular formula is C14H15ClN4. The lowest BCUT2D eigenvalue weighted by Gasteiger charge is -2.37. The Labute approximate surface area is 117 Å². The SMILES string of the molecule is NCC1Cc2ccccc2CN1c1ncncc1Cl. The van der Waals surface area contributed by atoms with E-state index in [9.17, 15) is 0 Å². The Morgan fingerprint density at radius 3 is 2.84 bits per heavy atom. The molecule has 0 saturated carbocycles. The number of benzene rings is 1. The number of nitrogens with two attached hydrogens (primary N) is 1. The van der Waals surface area contributed by atoms with E-state index in [-0.39, 0.29) is 6.04 Å². The zero-order chi connectivity index (χ0) is 13.2. The second-order valence-electron chi connectivity index (χ2n) is 4.68. The minimum absolute atomic E-state index is 0.224. The maximum absolute atomic E-state index is 6.20. The van der Waals surface area contributed by atoms with Gasteiger partial charge in [-0.05, 0) is 17.5 Å². The average molecular weight is 275 g/mol. The molecule has 2 heterocycles. The number of halogens is 1. The highest BCUT2D eigenvalue weighted by Crippen LogP contribution is 2.30. The topological polar surface area (TPSA) is 55.0 Å². The smallest absolute Gasteiger partial charge is 0.151 e. The molecule has 3 rings (SSSR count). The van der Waals surface area contributed by atoms with E-state index >= 15 is 0 Å². The van der Waals surface area contributed by atoms with Crippen LogP contribution in [0, 0.1) is 0 Å². The number of hydrogen-bond acceptors (Lipinski definition) is 4. The molecule has 1 aromatic carbocycles. The summed E-state index contributed by atoms with van der Waals surface area (Å²) in [5.41, 5.74) is 8.58. The molecule has 4 nitrogen and oxygen atoms in total. The van der Waals surface area contributed by atoms with Gasteiger partial charge < -0.3 is 10.6 Å². The number of rotatable bonds is 2. The molecule has 0 spiro atoms. The van der Waals surface area contributed by atoms with Crippen LogP contribution in [-0.2, 0) is 13.0 Å². The Morgan fingerprint density at radius 1 is 1.32 bits per heavy atom. The molecule has 2 aromatic rings. The molecule has 1 aliphatic heterocycles. The van der Waals surface area contributed by atoms with Gasteiger partial charge in [0.15, 0.2) is 5.82 Å². The molecule has 0 aliphatic carbocycles. The number of aromatic nitrogens is 2. The number of hydrogen-bond donors (Lipinski definition) is 1. The fraction of sp³-hybridized carbons (Fsp3) is 0.286. The van der Waals surface area contributed by atoms with Gasteiger partial charge in [-0.25, -0.2) is 9.97 Å². The summed E-state index contributed by atoms with van der Waals surface area (Å²) in [6.07, 6.45) is 4.07. The molecule has 0 bridgehead atoms. The molecule has 0 saturated heterocycles. The molecular weight excluding hydrogens is 260 g/mol. The van der Waals surface area contributed by atoms with Crippen LogP contribution >= 0.6 is 11.6 Å². The van der Waals surface area contributed by atoms with Crippen molar-refractivity contribution in [3.05, 3.63) is 52.9 Å². The minimum atomic E-state index is 0.224. The second kappa shape index (κ2) is 5.15. The van der Waals surface area contributed by atoms with Gasteiger partial charge in [0.1, 0.15) is 11.3 Å². The highest BCUT2D eigenvalue weighted by atomic mass is 35.5. The maximum atomic E-state index is 6.20. The molecule has 1 aliphatic rings. The summed E-state index contributed by atoms with van der Waals surface area (Å²) in [6, 6.07) is 8.66. The fourth-order valence-corrected chi connectivity index (χ4v) is 2.78. The van der Waals surface area contributed by atoms with E-state index in [2.05, 4.69) is 39.1 Å². The van der Waals surface area contributed by atoms with Gasteiger partial charge in [0.05, 0.1) is 6.20 Å². The number of anilines is 1. The lowest BCUT2D eigenvalue weighted by molar-refractivity contribution is 0.555. The van der Waals surface area contributed by atoms with Gasteiger partial charge in [0, 0.05) is 19.1 Å². The first-order valence-corrected chi connectivity index (χ1v) is 6.66. The predicted molar refractivity (Wildman–Crippen MR) is 76.2 cm³/mol. The molecule has 5 heteroatoms. The van der Waals surface area contributed by atoms with Crippen LogP contribution < -0.4 is 10.6 Å². The first-order chi connectivity index (χ1) is 9.29. The Hall–Kier alpha value is -1.65. The van der Waals surface area contributed by atoms with Crippen molar-refractivity contribution >= 4 is 17.4 Å². The Morgan fingerprint density at radius 2 is 2.11 bits per heavy atom. The van der Waals surface area contributed by atoms with Crippen LogP contribution in [0.2, 0.25) is 5.02 Å². The van der Waals surface area contributed by atoms with E-state index in [0.717, 1.165) is 18.8 Å². The van der Waals surface area contributed by atoms with Crippen molar-refractivity contribution in [2.45, 2.75) is 19.0 Å². The van der Waals surface area contributed by atoms with E-state index in [0.29, 0.717) is 11.6 Å². The minimum Gasteiger partial charge on any atom is -0.346 e. The quantitative estimate of drug-likeness (QED) is 0.910. The molecule has 19 heavy (non-hydrogen) atoms. The normalized spacial score (nSPS) is 18.2. The molecule has 2 N–H and O–H groups in total. The summed E-state index contributed by atoms with van der Waals surface area (Å²) in [4.78, 5) is 10.4. The van der Waals surface area contributed by atoms with Crippen molar-refractivity contribution in [3.63, 3.8) is 0 Å². The maximum Gasteiger partial charge on any atom is 0.151 e. The van der Waals surface area contributed by atoms with E-state index in [1.165, 1.54) is 17.5 Å². The van der Waals surface area contributed by atoms with E-state index < -0.39 is 0 Å². The fourth-order valence-electron chi connectivity index (χ4n) is 2.56. The zero-order valence-corrected chi connectivity index (χ0v) is 11.2. The van der Waals surface area contributed by atoms with Crippen LogP contribution in [0.1, 0.15) is 11.1 Å². The van der Waals surface area contributed by atoms with Gasteiger partial charge in [-0.15, -0.1) is 0 Å². The monoisotopic (exact) mass is 274 g/mol. The molecule has 0 radical (unpaired) electrons. The van der Waals surface area contributed by atoms with Crippen molar-refractivity contribution in [2.75, 3.05) is 11.4 Å². The molecule has 0 fully saturated rings. The molecule has 98 valence electrons. The second-order valence-corrected chi connectivity index (χ2v) is 5.09. The average Bonchev–Trinajstić information content (AvgIpc) is 2.46. The third-order valence-electron chi connectivity index (χ3n) is 3.55. The highest BCUT2D eigenvalue weighted by Gasteiger charge is 2.27. The number of fused-ring (bicyclic) bond motifs is 1. The predicted octanol–water partition coefficient (Wildman–Crippen LogP) is 2.02. The van der Waals surface area contributed by atoms with Crippen LogP contribution in [0.15, 0.2) is 36.8 Å². The van der Waals surface area contributed by atoms with E-state index in [1.54, 1.807) is 6.20 Å². The molecule has 1 aromatic heterocycles. The first kappa shape index (κ1) is 12.4. The third-order valence-corrected chi connectivity index (χ3v) is 3.81. The van der Waals surface area contributed by atoms with Crippen LogP contribution in [0.4, 0.5) is 5.82 Å². The van der Waals surface area contributed by atoms with Crippen LogP contribution in [0.3, 0.4) is 0 Å². The van der Waals surface area contributed by atoms with Crippen molar-refractivity contribution in [1.82, 2.24) is 9.97 Å². The lowest BCUT2D eigenvalue weighted by atomic mass is 9.94. The van der Waals surface area contributed by atoms with Crippen molar-refractivity contribution in [3.8, 4) is 0 Å². The van der Waals surface area contributed by atoms with Crippen molar-refractivity contribution < 1.29 is 0 Å². The molecule has 1 unspecified atom stereocenters. The van der Waals surface area contributed by atoms with Gasteiger partial charge in [-0.3, -0.25) is 0 Å². The largest absolute Gasteiger partial charge is 0.346 e. The van der Waals surface area contributed by atoms with Gasteiger partial charge in [0.25, 0.3) is 0 Å². The number of nitrogens with zero attached hydrogens (tertiary/aromatic N) is 3. The molecule has 0 amide bonds. The summed E-state index contributed by atoms with van der Waals surface area (Å²) >= 11 is 6.20. The third kappa shape index (κ3) is 2.29. The summed E-state index contributed by atoms with van der Waals surface area (Å²) in [7, 11) is 0. The summed E-state index contributed by atoms with van der Waals surface area (Å²) in [5.74, 6) is 0.765. The van der Waals surface area contributed by atoms with E-state index in [4.69, 9.17) is 17.3 Å².